The number of carbonyl (C=O) groups excluding carboxylic acids is 1. The normalized spacial score (nSPS) is 21.5. The Balaban J connectivity index is 1.54. The molecule has 2 aliphatic rings. The van der Waals surface area contributed by atoms with Crippen molar-refractivity contribution in [1.29, 1.82) is 0 Å². The highest BCUT2D eigenvalue weighted by Crippen LogP contribution is 2.20. The lowest BCUT2D eigenvalue weighted by Crippen LogP contribution is -2.26. The van der Waals surface area contributed by atoms with Crippen molar-refractivity contribution in [3.8, 4) is 0 Å². The molecule has 0 unspecified atom stereocenters. The van der Waals surface area contributed by atoms with Gasteiger partial charge in [-0.1, -0.05) is 18.6 Å². The molecule has 1 amide bonds. The Kier molecular flexibility index (Phi) is 4.14. The zero-order valence-corrected chi connectivity index (χ0v) is 11.8. The molecule has 0 saturated carbocycles. The molecule has 0 radical (unpaired) electrons. The molecule has 0 spiro atoms. The number of hydrogen-bond donors (Lipinski definition) is 1. The minimum atomic E-state index is 0.118. The van der Waals surface area contributed by atoms with E-state index >= 15 is 0 Å². The largest absolute Gasteiger partial charge is 0.349 e. The quantitative estimate of drug-likeness (QED) is 0.854. The summed E-state index contributed by atoms with van der Waals surface area (Å²) in [5, 5.41) is 11.5. The van der Waals surface area contributed by atoms with E-state index in [0.29, 0.717) is 18.9 Å². The minimum Gasteiger partial charge on any atom is -0.349 e. The third-order valence-electron chi connectivity index (χ3n) is 4.19. The first-order valence-corrected chi connectivity index (χ1v) is 7.67. The second-order valence-corrected chi connectivity index (χ2v) is 5.74. The van der Waals surface area contributed by atoms with Gasteiger partial charge in [0.05, 0.1) is 6.54 Å². The molecule has 0 bridgehead atoms. The van der Waals surface area contributed by atoms with Crippen LogP contribution < -0.4 is 5.32 Å². The molecule has 0 fully saturated rings. The second-order valence-electron chi connectivity index (χ2n) is 5.74. The summed E-state index contributed by atoms with van der Waals surface area (Å²) in [6.45, 7) is 1.49. The number of amides is 1. The van der Waals surface area contributed by atoms with Gasteiger partial charge in [-0.2, -0.15) is 0 Å². The summed E-state index contributed by atoms with van der Waals surface area (Å²) in [6, 6.07) is 0. The van der Waals surface area contributed by atoms with E-state index in [4.69, 9.17) is 0 Å². The predicted octanol–water partition coefficient (Wildman–Crippen LogP) is 1.98. The van der Waals surface area contributed by atoms with Crippen LogP contribution >= 0.6 is 0 Å². The first-order chi connectivity index (χ1) is 9.83. The van der Waals surface area contributed by atoms with E-state index < -0.39 is 0 Å². The van der Waals surface area contributed by atoms with Crippen molar-refractivity contribution < 1.29 is 4.79 Å². The highest BCUT2D eigenvalue weighted by Gasteiger charge is 2.17. The zero-order valence-electron chi connectivity index (χ0n) is 11.8. The van der Waals surface area contributed by atoms with Crippen LogP contribution in [-0.2, 0) is 24.3 Å². The van der Waals surface area contributed by atoms with Crippen molar-refractivity contribution in [3.63, 3.8) is 0 Å². The Bertz CT molecular complexity index is 506. The molecule has 5 heteroatoms. The van der Waals surface area contributed by atoms with Gasteiger partial charge in [-0.05, 0) is 31.6 Å². The van der Waals surface area contributed by atoms with Gasteiger partial charge in [0, 0.05) is 19.4 Å². The molecule has 0 aromatic carbocycles. The molecule has 1 aliphatic heterocycles. The fourth-order valence-electron chi connectivity index (χ4n) is 3.03. The maximum absolute atomic E-state index is 11.9. The minimum absolute atomic E-state index is 0.118. The summed E-state index contributed by atoms with van der Waals surface area (Å²) >= 11 is 0. The molecule has 0 saturated heterocycles. The van der Waals surface area contributed by atoms with Gasteiger partial charge in [0.25, 0.3) is 0 Å². The van der Waals surface area contributed by atoms with Crippen molar-refractivity contribution in [1.82, 2.24) is 20.1 Å². The lowest BCUT2D eigenvalue weighted by Gasteiger charge is -2.10. The monoisotopic (exact) mass is 274 g/mol. The Morgan fingerprint density at radius 2 is 2.30 bits per heavy atom. The highest BCUT2D eigenvalue weighted by molar-refractivity contribution is 5.76. The molecule has 1 aromatic heterocycles. The molecule has 108 valence electrons. The maximum atomic E-state index is 11.9. The van der Waals surface area contributed by atoms with Crippen LogP contribution in [0.5, 0.6) is 0 Å². The average molecular weight is 274 g/mol. The summed E-state index contributed by atoms with van der Waals surface area (Å²) in [5.74, 6) is 2.51. The van der Waals surface area contributed by atoms with Crippen LogP contribution in [0.25, 0.3) is 0 Å². The summed E-state index contributed by atoms with van der Waals surface area (Å²) in [4.78, 5) is 11.9. The van der Waals surface area contributed by atoms with Gasteiger partial charge in [-0.3, -0.25) is 4.79 Å². The Labute approximate surface area is 119 Å². The number of fused-ring (bicyclic) bond motifs is 1. The van der Waals surface area contributed by atoms with Gasteiger partial charge in [0.1, 0.15) is 5.82 Å². The summed E-state index contributed by atoms with van der Waals surface area (Å²) < 4.78 is 2.18. The number of nitrogens with zero attached hydrogens (tertiary/aromatic N) is 3. The van der Waals surface area contributed by atoms with Gasteiger partial charge >= 0.3 is 0 Å². The van der Waals surface area contributed by atoms with Crippen molar-refractivity contribution in [2.45, 2.75) is 58.0 Å². The van der Waals surface area contributed by atoms with Crippen molar-refractivity contribution in [2.24, 2.45) is 5.92 Å². The third kappa shape index (κ3) is 3.08. The standard InChI is InChI=1S/C15H22N4O/c20-15(10-12-6-3-4-7-12)16-11-14-18-17-13-8-2-1-5-9-19(13)14/h3,6,12H,1-2,4-5,7-11H2,(H,16,20)/t12-/m1/s1. The number of carbonyl (C=O) groups is 1. The highest BCUT2D eigenvalue weighted by atomic mass is 16.1. The first-order valence-electron chi connectivity index (χ1n) is 7.67. The smallest absolute Gasteiger partial charge is 0.220 e. The van der Waals surface area contributed by atoms with E-state index in [1.807, 2.05) is 0 Å². The van der Waals surface area contributed by atoms with Crippen molar-refractivity contribution in [3.05, 3.63) is 23.8 Å². The van der Waals surface area contributed by atoms with Crippen LogP contribution in [0.3, 0.4) is 0 Å². The van der Waals surface area contributed by atoms with Crippen molar-refractivity contribution in [2.75, 3.05) is 0 Å². The van der Waals surface area contributed by atoms with Crippen LogP contribution in [0.4, 0.5) is 0 Å². The van der Waals surface area contributed by atoms with Crippen LogP contribution in [0.15, 0.2) is 12.2 Å². The van der Waals surface area contributed by atoms with E-state index in [1.165, 1.54) is 19.3 Å². The molecule has 5 nitrogen and oxygen atoms in total. The van der Waals surface area contributed by atoms with E-state index in [-0.39, 0.29) is 5.91 Å². The first kappa shape index (κ1) is 13.3. The lowest BCUT2D eigenvalue weighted by atomic mass is 10.1. The van der Waals surface area contributed by atoms with E-state index in [9.17, 15) is 4.79 Å². The molecule has 2 heterocycles. The Morgan fingerprint density at radius 3 is 3.15 bits per heavy atom. The summed E-state index contributed by atoms with van der Waals surface area (Å²) in [7, 11) is 0. The van der Waals surface area contributed by atoms with Crippen molar-refractivity contribution >= 4 is 5.91 Å². The molecule has 3 rings (SSSR count). The molecule has 1 N–H and O–H groups in total. The Morgan fingerprint density at radius 1 is 1.35 bits per heavy atom. The zero-order chi connectivity index (χ0) is 13.8. The number of aromatic nitrogens is 3. The molecular formula is C15H22N4O. The van der Waals surface area contributed by atoms with E-state index in [1.54, 1.807) is 0 Å². The van der Waals surface area contributed by atoms with Crippen LogP contribution in [0.2, 0.25) is 0 Å². The van der Waals surface area contributed by atoms with E-state index in [0.717, 1.165) is 37.5 Å². The van der Waals surface area contributed by atoms with Gasteiger partial charge in [-0.25, -0.2) is 0 Å². The SMILES string of the molecule is O=C(C[C@@H]1C=CCC1)NCc1nnc2n1CCCCC2. The van der Waals surface area contributed by atoms with Gasteiger partial charge in [0.2, 0.25) is 5.91 Å². The molecule has 1 aromatic rings. The number of rotatable bonds is 4. The summed E-state index contributed by atoms with van der Waals surface area (Å²) in [6.07, 6.45) is 11.8. The van der Waals surface area contributed by atoms with Gasteiger partial charge in [0.15, 0.2) is 5.82 Å². The van der Waals surface area contributed by atoms with Crippen LogP contribution in [-0.4, -0.2) is 20.7 Å². The number of nitrogens with one attached hydrogen (secondary N) is 1. The second kappa shape index (κ2) is 6.20. The number of hydrogen-bond acceptors (Lipinski definition) is 3. The number of allylic oxidation sites excluding steroid dienone is 2. The Hall–Kier alpha value is -1.65. The molecule has 20 heavy (non-hydrogen) atoms. The molecule has 1 atom stereocenters. The number of aryl methyl sites for hydroxylation is 1. The lowest BCUT2D eigenvalue weighted by molar-refractivity contribution is -0.121. The van der Waals surface area contributed by atoms with Crippen LogP contribution in [0, 0.1) is 5.92 Å². The van der Waals surface area contributed by atoms with Gasteiger partial charge in [-0.15, -0.1) is 10.2 Å². The fraction of sp³-hybridized carbons (Fsp3) is 0.667. The third-order valence-corrected chi connectivity index (χ3v) is 4.19. The summed E-state index contributed by atoms with van der Waals surface area (Å²) in [5.41, 5.74) is 0. The predicted molar refractivity (Wildman–Crippen MR) is 75.9 cm³/mol. The average Bonchev–Trinajstić information content (AvgIpc) is 3.02. The van der Waals surface area contributed by atoms with E-state index in [2.05, 4.69) is 32.2 Å². The molecular weight excluding hydrogens is 252 g/mol. The maximum Gasteiger partial charge on any atom is 0.220 e. The topological polar surface area (TPSA) is 59.8 Å². The van der Waals surface area contributed by atoms with Gasteiger partial charge < -0.3 is 9.88 Å². The van der Waals surface area contributed by atoms with Crippen LogP contribution in [0.1, 0.15) is 50.2 Å². The molecule has 1 aliphatic carbocycles. The fourth-order valence-corrected chi connectivity index (χ4v) is 3.03.